The Kier molecular flexibility index (Phi) is 2.34. The van der Waals surface area contributed by atoms with Crippen LogP contribution in [0.3, 0.4) is 0 Å². The zero-order chi connectivity index (χ0) is 10.8. The topological polar surface area (TPSA) is 34.1 Å². The van der Waals surface area contributed by atoms with E-state index in [-0.39, 0.29) is 10.9 Å². The Morgan fingerprint density at radius 2 is 1.73 bits per heavy atom. The number of hydrogen-bond acceptors (Lipinski definition) is 2. The second-order valence-electron chi connectivity index (χ2n) is 3.37. The van der Waals surface area contributed by atoms with Gasteiger partial charge in [-0.1, -0.05) is 36.4 Å². The molecule has 2 rings (SSSR count). The third-order valence-corrected chi connectivity index (χ3v) is 2.42. The molecule has 0 aromatic heterocycles. The van der Waals surface area contributed by atoms with E-state index in [0.29, 0.717) is 17.5 Å². The van der Waals surface area contributed by atoms with Gasteiger partial charge in [-0.15, -0.1) is 6.58 Å². The van der Waals surface area contributed by atoms with Crippen molar-refractivity contribution in [2.75, 3.05) is 0 Å². The van der Waals surface area contributed by atoms with Crippen LogP contribution in [0.5, 0.6) is 0 Å². The van der Waals surface area contributed by atoms with E-state index < -0.39 is 0 Å². The van der Waals surface area contributed by atoms with Gasteiger partial charge in [0, 0.05) is 11.1 Å². The SMILES string of the molecule is C=CCc1c(-c2ccccc2)c(=O)c1=O. The molecule has 0 aliphatic rings. The fourth-order valence-electron chi connectivity index (χ4n) is 1.69. The minimum absolute atomic E-state index is 0.367. The van der Waals surface area contributed by atoms with E-state index in [1.54, 1.807) is 6.08 Å². The monoisotopic (exact) mass is 198 g/mol. The molecule has 2 aromatic carbocycles. The molecule has 0 N–H and O–H groups in total. The lowest BCUT2D eigenvalue weighted by atomic mass is 9.92. The number of hydrogen-bond donors (Lipinski definition) is 0. The molecule has 0 saturated carbocycles. The summed E-state index contributed by atoms with van der Waals surface area (Å²) in [4.78, 5) is 22.7. The summed E-state index contributed by atoms with van der Waals surface area (Å²) in [5.41, 5.74) is 1.22. The van der Waals surface area contributed by atoms with Gasteiger partial charge in [0.05, 0.1) is 0 Å². The van der Waals surface area contributed by atoms with E-state index >= 15 is 0 Å². The van der Waals surface area contributed by atoms with Crippen LogP contribution in [-0.4, -0.2) is 0 Å². The quantitative estimate of drug-likeness (QED) is 0.555. The van der Waals surface area contributed by atoms with Crippen molar-refractivity contribution < 1.29 is 0 Å². The predicted molar refractivity (Wildman–Crippen MR) is 60.7 cm³/mol. The summed E-state index contributed by atoms with van der Waals surface area (Å²) in [5.74, 6) is 0. The zero-order valence-electron chi connectivity index (χ0n) is 8.19. The summed E-state index contributed by atoms with van der Waals surface area (Å²) in [5, 5.41) is 0. The van der Waals surface area contributed by atoms with Gasteiger partial charge < -0.3 is 0 Å². The maximum Gasteiger partial charge on any atom is 0.234 e. The largest absolute Gasteiger partial charge is 0.285 e. The fraction of sp³-hybridized carbons (Fsp3) is 0.0769. The van der Waals surface area contributed by atoms with Crippen LogP contribution >= 0.6 is 0 Å². The van der Waals surface area contributed by atoms with Crippen LogP contribution < -0.4 is 10.9 Å². The van der Waals surface area contributed by atoms with Crippen molar-refractivity contribution in [3.8, 4) is 11.1 Å². The van der Waals surface area contributed by atoms with E-state index in [1.807, 2.05) is 30.3 Å². The molecule has 0 bridgehead atoms. The number of allylic oxidation sites excluding steroid dienone is 1. The fourth-order valence-corrected chi connectivity index (χ4v) is 1.69. The van der Waals surface area contributed by atoms with Gasteiger partial charge in [0.2, 0.25) is 10.9 Å². The van der Waals surface area contributed by atoms with Gasteiger partial charge in [0.25, 0.3) is 0 Å². The molecule has 0 aliphatic heterocycles. The first-order valence-electron chi connectivity index (χ1n) is 4.74. The highest BCUT2D eigenvalue weighted by Gasteiger charge is 2.20. The average molecular weight is 198 g/mol. The van der Waals surface area contributed by atoms with E-state index in [0.717, 1.165) is 5.56 Å². The molecule has 0 amide bonds. The second kappa shape index (κ2) is 3.65. The van der Waals surface area contributed by atoms with Crippen LogP contribution in [0.2, 0.25) is 0 Å². The Hall–Kier alpha value is -1.96. The highest BCUT2D eigenvalue weighted by atomic mass is 16.2. The number of benzene rings is 1. The van der Waals surface area contributed by atoms with Crippen molar-refractivity contribution in [1.29, 1.82) is 0 Å². The molecule has 0 saturated heterocycles. The molecule has 0 atom stereocenters. The summed E-state index contributed by atoms with van der Waals surface area (Å²) in [7, 11) is 0. The van der Waals surface area contributed by atoms with Crippen LogP contribution in [0.1, 0.15) is 5.56 Å². The van der Waals surface area contributed by atoms with Gasteiger partial charge in [0.15, 0.2) is 0 Å². The Balaban J connectivity index is 2.55. The lowest BCUT2D eigenvalue weighted by Gasteiger charge is -2.08. The first-order chi connectivity index (χ1) is 7.25. The molecule has 0 unspecified atom stereocenters. The third kappa shape index (κ3) is 1.44. The molecule has 0 heterocycles. The van der Waals surface area contributed by atoms with Crippen molar-refractivity contribution in [3.63, 3.8) is 0 Å². The van der Waals surface area contributed by atoms with Crippen LogP contribution in [0.25, 0.3) is 11.1 Å². The molecule has 2 nitrogen and oxygen atoms in total. The molecule has 15 heavy (non-hydrogen) atoms. The van der Waals surface area contributed by atoms with Crippen molar-refractivity contribution in [1.82, 2.24) is 0 Å². The van der Waals surface area contributed by atoms with Crippen molar-refractivity contribution >= 4 is 0 Å². The van der Waals surface area contributed by atoms with Crippen LogP contribution in [0, 0.1) is 0 Å². The van der Waals surface area contributed by atoms with Gasteiger partial charge in [-0.25, -0.2) is 0 Å². The van der Waals surface area contributed by atoms with E-state index in [4.69, 9.17) is 0 Å². The molecule has 0 radical (unpaired) electrons. The van der Waals surface area contributed by atoms with Gasteiger partial charge in [0.1, 0.15) is 0 Å². The summed E-state index contributed by atoms with van der Waals surface area (Å²) in [6.45, 7) is 3.57. The van der Waals surface area contributed by atoms with Crippen LogP contribution in [0.4, 0.5) is 0 Å². The maximum absolute atomic E-state index is 11.4. The van der Waals surface area contributed by atoms with Gasteiger partial charge in [-0.3, -0.25) is 9.59 Å². The number of rotatable bonds is 3. The Bertz CT molecular complexity index is 558. The zero-order valence-corrected chi connectivity index (χ0v) is 8.19. The standard InChI is InChI=1S/C13H10O2/c1-2-6-10-11(13(15)12(10)14)9-7-4-3-5-8-9/h2-5,7-8H,1,6H2. The van der Waals surface area contributed by atoms with E-state index in [1.165, 1.54) is 0 Å². The normalized spacial score (nSPS) is 10.4. The summed E-state index contributed by atoms with van der Waals surface area (Å²) >= 11 is 0. The molecule has 0 fully saturated rings. The predicted octanol–water partition coefficient (Wildman–Crippen LogP) is 1.68. The molecular weight excluding hydrogens is 188 g/mol. The van der Waals surface area contributed by atoms with Gasteiger partial charge >= 0.3 is 0 Å². The lowest BCUT2D eigenvalue weighted by Crippen LogP contribution is -2.37. The van der Waals surface area contributed by atoms with Crippen LogP contribution in [-0.2, 0) is 6.42 Å². The molecule has 0 spiro atoms. The minimum atomic E-state index is -0.377. The third-order valence-electron chi connectivity index (χ3n) is 2.42. The van der Waals surface area contributed by atoms with Crippen molar-refractivity contribution in [2.24, 2.45) is 0 Å². The first-order valence-corrected chi connectivity index (χ1v) is 4.74. The Morgan fingerprint density at radius 1 is 1.07 bits per heavy atom. The smallest absolute Gasteiger partial charge is 0.234 e. The highest BCUT2D eigenvalue weighted by Crippen LogP contribution is 2.19. The van der Waals surface area contributed by atoms with Crippen LogP contribution in [0.15, 0.2) is 52.6 Å². The lowest BCUT2D eigenvalue weighted by molar-refractivity contribution is 1.17. The molecule has 2 heteroatoms. The van der Waals surface area contributed by atoms with Gasteiger partial charge in [-0.05, 0) is 12.0 Å². The summed E-state index contributed by atoms with van der Waals surface area (Å²) in [6.07, 6.45) is 2.11. The molecular formula is C13H10O2. The van der Waals surface area contributed by atoms with Gasteiger partial charge in [-0.2, -0.15) is 0 Å². The Morgan fingerprint density at radius 3 is 2.33 bits per heavy atom. The van der Waals surface area contributed by atoms with Crippen molar-refractivity contribution in [2.45, 2.75) is 6.42 Å². The summed E-state index contributed by atoms with van der Waals surface area (Å²) < 4.78 is 0. The summed E-state index contributed by atoms with van der Waals surface area (Å²) in [6, 6.07) is 9.25. The average Bonchev–Trinajstić information content (AvgIpc) is 2.29. The maximum atomic E-state index is 11.4. The Labute approximate surface area is 87.2 Å². The second-order valence-corrected chi connectivity index (χ2v) is 3.37. The molecule has 0 aliphatic carbocycles. The minimum Gasteiger partial charge on any atom is -0.285 e. The molecule has 74 valence electrons. The van der Waals surface area contributed by atoms with Crippen molar-refractivity contribution in [3.05, 3.63) is 69.0 Å². The first kappa shape index (κ1) is 9.59. The van der Waals surface area contributed by atoms with E-state index in [2.05, 4.69) is 6.58 Å². The molecule has 2 aromatic rings. The highest BCUT2D eigenvalue weighted by molar-refractivity contribution is 5.70. The van der Waals surface area contributed by atoms with E-state index in [9.17, 15) is 9.59 Å².